The van der Waals surface area contributed by atoms with Gasteiger partial charge in [-0.25, -0.2) is 0 Å². The summed E-state index contributed by atoms with van der Waals surface area (Å²) in [6.45, 7) is 9.90. The SMILES string of the molecule is CC(C)CC[Si]1(C)CCCCC1C. The van der Waals surface area contributed by atoms with Gasteiger partial charge in [0.25, 0.3) is 0 Å². The maximum atomic E-state index is 2.65. The summed E-state index contributed by atoms with van der Waals surface area (Å²) in [5.41, 5.74) is 1.10. The van der Waals surface area contributed by atoms with Gasteiger partial charge in [0.15, 0.2) is 0 Å². The van der Waals surface area contributed by atoms with Crippen molar-refractivity contribution in [3.63, 3.8) is 0 Å². The van der Waals surface area contributed by atoms with Crippen LogP contribution in [0.2, 0.25) is 24.2 Å². The van der Waals surface area contributed by atoms with E-state index in [9.17, 15) is 0 Å². The number of hydrogen-bond donors (Lipinski definition) is 0. The lowest BCUT2D eigenvalue weighted by atomic mass is 10.2. The van der Waals surface area contributed by atoms with Gasteiger partial charge < -0.3 is 0 Å². The van der Waals surface area contributed by atoms with Gasteiger partial charge in [-0.05, 0) is 11.5 Å². The van der Waals surface area contributed by atoms with Crippen LogP contribution in [0.4, 0.5) is 0 Å². The van der Waals surface area contributed by atoms with Crippen LogP contribution < -0.4 is 0 Å². The zero-order valence-corrected chi connectivity index (χ0v) is 10.9. The highest BCUT2D eigenvalue weighted by Crippen LogP contribution is 2.40. The van der Waals surface area contributed by atoms with Gasteiger partial charge in [-0.2, -0.15) is 0 Å². The molecule has 0 bridgehead atoms. The standard InChI is InChI=1S/C12H26Si/c1-11(2)8-10-13(4)9-6-5-7-12(13)3/h11-12H,5-10H2,1-4H3. The Morgan fingerprint density at radius 3 is 2.54 bits per heavy atom. The Bertz CT molecular complexity index is 153. The third kappa shape index (κ3) is 3.12. The molecule has 0 aromatic carbocycles. The van der Waals surface area contributed by atoms with E-state index in [0.717, 1.165) is 11.5 Å². The molecule has 1 rings (SSSR count). The molecule has 1 saturated heterocycles. The monoisotopic (exact) mass is 198 g/mol. The molecule has 0 aromatic rings. The Morgan fingerprint density at radius 2 is 2.00 bits per heavy atom. The highest BCUT2D eigenvalue weighted by molar-refractivity contribution is 6.80. The van der Waals surface area contributed by atoms with Gasteiger partial charge in [0.1, 0.15) is 0 Å². The smallest absolute Gasteiger partial charge is 0.0533 e. The highest BCUT2D eigenvalue weighted by atomic mass is 28.3. The Balaban J connectivity index is 2.42. The Labute approximate surface area is 85.1 Å². The topological polar surface area (TPSA) is 0 Å². The van der Waals surface area contributed by atoms with E-state index in [0.29, 0.717) is 0 Å². The minimum absolute atomic E-state index is 0.803. The molecule has 1 aliphatic heterocycles. The third-order valence-electron chi connectivity index (χ3n) is 4.12. The first-order valence-corrected chi connectivity index (χ1v) is 9.04. The molecule has 0 aromatic heterocycles. The van der Waals surface area contributed by atoms with E-state index in [-0.39, 0.29) is 0 Å². The molecular weight excluding hydrogens is 172 g/mol. The van der Waals surface area contributed by atoms with Crippen LogP contribution in [0.5, 0.6) is 0 Å². The van der Waals surface area contributed by atoms with Crippen LogP contribution in [0.15, 0.2) is 0 Å². The Kier molecular flexibility index (Phi) is 4.02. The molecule has 0 nitrogen and oxygen atoms in total. The fourth-order valence-corrected chi connectivity index (χ4v) is 7.00. The summed E-state index contributed by atoms with van der Waals surface area (Å²) in [6, 6.07) is 3.20. The van der Waals surface area contributed by atoms with Gasteiger partial charge in [-0.3, -0.25) is 0 Å². The average Bonchev–Trinajstić information content (AvgIpc) is 2.07. The summed E-state index contributed by atoms with van der Waals surface area (Å²) >= 11 is 0. The molecule has 0 saturated carbocycles. The first kappa shape index (κ1) is 11.3. The van der Waals surface area contributed by atoms with Crippen molar-refractivity contribution in [3.05, 3.63) is 0 Å². The van der Waals surface area contributed by atoms with Crippen LogP contribution >= 0.6 is 0 Å². The fourth-order valence-electron chi connectivity index (χ4n) is 2.56. The normalized spacial score (nSPS) is 35.3. The van der Waals surface area contributed by atoms with E-state index in [1.54, 1.807) is 12.1 Å². The maximum absolute atomic E-state index is 2.65. The average molecular weight is 198 g/mol. The van der Waals surface area contributed by atoms with Crippen molar-refractivity contribution >= 4 is 8.07 Å². The van der Waals surface area contributed by atoms with E-state index in [1.807, 2.05) is 0 Å². The third-order valence-corrected chi connectivity index (χ3v) is 9.71. The summed E-state index contributed by atoms with van der Waals surface area (Å²) in [7, 11) is -0.803. The van der Waals surface area contributed by atoms with Crippen LogP contribution in [-0.4, -0.2) is 8.07 Å². The molecule has 0 spiro atoms. The van der Waals surface area contributed by atoms with Gasteiger partial charge >= 0.3 is 0 Å². The van der Waals surface area contributed by atoms with Gasteiger partial charge in [0, 0.05) is 0 Å². The molecule has 0 aliphatic carbocycles. The van der Waals surface area contributed by atoms with E-state index in [4.69, 9.17) is 0 Å². The zero-order chi connectivity index (χ0) is 9.90. The van der Waals surface area contributed by atoms with Crippen molar-refractivity contribution in [1.29, 1.82) is 0 Å². The van der Waals surface area contributed by atoms with E-state index in [1.165, 1.54) is 25.7 Å². The predicted molar refractivity (Wildman–Crippen MR) is 64.0 cm³/mol. The van der Waals surface area contributed by atoms with Crippen molar-refractivity contribution in [1.82, 2.24) is 0 Å². The fraction of sp³-hybridized carbons (Fsp3) is 1.00. The van der Waals surface area contributed by atoms with Gasteiger partial charge in [0.05, 0.1) is 8.07 Å². The Hall–Kier alpha value is 0.217. The van der Waals surface area contributed by atoms with Crippen molar-refractivity contribution in [3.8, 4) is 0 Å². The minimum Gasteiger partial charge on any atom is -0.0690 e. The Morgan fingerprint density at radius 1 is 1.31 bits per heavy atom. The number of hydrogen-bond acceptors (Lipinski definition) is 0. The molecule has 0 N–H and O–H groups in total. The van der Waals surface area contributed by atoms with Crippen molar-refractivity contribution in [2.24, 2.45) is 5.92 Å². The molecule has 13 heavy (non-hydrogen) atoms. The van der Waals surface area contributed by atoms with Crippen molar-refractivity contribution in [2.75, 3.05) is 0 Å². The highest BCUT2D eigenvalue weighted by Gasteiger charge is 2.34. The molecule has 1 heteroatoms. The molecule has 1 heterocycles. The molecule has 1 aliphatic rings. The van der Waals surface area contributed by atoms with Crippen LogP contribution in [-0.2, 0) is 0 Å². The molecule has 2 atom stereocenters. The lowest BCUT2D eigenvalue weighted by Gasteiger charge is -2.38. The van der Waals surface area contributed by atoms with E-state index >= 15 is 0 Å². The van der Waals surface area contributed by atoms with Gasteiger partial charge in [-0.1, -0.05) is 65.1 Å². The van der Waals surface area contributed by atoms with E-state index in [2.05, 4.69) is 27.3 Å². The molecule has 2 unspecified atom stereocenters. The molecular formula is C12H26Si. The first-order valence-electron chi connectivity index (χ1n) is 6.04. The van der Waals surface area contributed by atoms with Crippen LogP contribution in [0.3, 0.4) is 0 Å². The van der Waals surface area contributed by atoms with Crippen molar-refractivity contribution in [2.45, 2.75) is 70.6 Å². The number of rotatable bonds is 3. The van der Waals surface area contributed by atoms with Crippen LogP contribution in [0, 0.1) is 5.92 Å². The predicted octanol–water partition coefficient (Wildman–Crippen LogP) is 4.69. The summed E-state index contributed by atoms with van der Waals surface area (Å²) < 4.78 is 0. The quantitative estimate of drug-likeness (QED) is 0.577. The molecule has 0 amide bonds. The van der Waals surface area contributed by atoms with E-state index < -0.39 is 8.07 Å². The maximum Gasteiger partial charge on any atom is 0.0533 e. The summed E-state index contributed by atoms with van der Waals surface area (Å²) in [5.74, 6) is 0.915. The van der Waals surface area contributed by atoms with Crippen LogP contribution in [0.1, 0.15) is 46.5 Å². The first-order chi connectivity index (χ1) is 6.04. The molecule has 0 radical (unpaired) electrons. The van der Waals surface area contributed by atoms with Gasteiger partial charge in [-0.15, -0.1) is 0 Å². The second-order valence-corrected chi connectivity index (χ2v) is 11.0. The summed E-state index contributed by atoms with van der Waals surface area (Å²) in [6.07, 6.45) is 6.05. The summed E-state index contributed by atoms with van der Waals surface area (Å²) in [5, 5.41) is 0. The second-order valence-electron chi connectivity index (χ2n) is 5.73. The molecule has 78 valence electrons. The minimum atomic E-state index is -0.803. The second kappa shape index (κ2) is 4.63. The lowest BCUT2D eigenvalue weighted by molar-refractivity contribution is 0.587. The van der Waals surface area contributed by atoms with Crippen LogP contribution in [0.25, 0.3) is 0 Å². The summed E-state index contributed by atoms with van der Waals surface area (Å²) in [4.78, 5) is 0. The largest absolute Gasteiger partial charge is 0.0690 e. The van der Waals surface area contributed by atoms with Crippen molar-refractivity contribution < 1.29 is 0 Å². The lowest BCUT2D eigenvalue weighted by Crippen LogP contribution is -2.37. The van der Waals surface area contributed by atoms with Gasteiger partial charge in [0.2, 0.25) is 0 Å². The molecule has 1 fully saturated rings. The zero-order valence-electron chi connectivity index (χ0n) is 9.90.